The van der Waals surface area contributed by atoms with E-state index >= 15 is 0 Å². The van der Waals surface area contributed by atoms with Crippen molar-refractivity contribution in [2.24, 2.45) is 5.92 Å². The van der Waals surface area contributed by atoms with Crippen molar-refractivity contribution in [3.05, 3.63) is 66.2 Å². The fourth-order valence-electron chi connectivity index (χ4n) is 4.78. The average Bonchev–Trinajstić information content (AvgIpc) is 3.33. The summed E-state index contributed by atoms with van der Waals surface area (Å²) >= 11 is 0. The van der Waals surface area contributed by atoms with Gasteiger partial charge in [0.15, 0.2) is 0 Å². The molecule has 1 aromatic heterocycles. The molecule has 0 saturated carbocycles. The minimum Gasteiger partial charge on any atom is -0.464 e. The molecule has 0 bridgehead atoms. The van der Waals surface area contributed by atoms with Crippen molar-refractivity contribution in [3.8, 4) is 0 Å². The lowest BCUT2D eigenvalue weighted by Gasteiger charge is -2.29. The third-order valence-corrected chi connectivity index (χ3v) is 6.61. The Hall–Kier alpha value is -3.68. The van der Waals surface area contributed by atoms with E-state index in [1.54, 1.807) is 0 Å². The molecule has 2 heterocycles. The maximum Gasteiger partial charge on any atom is 0.416 e. The molecule has 0 aliphatic carbocycles. The van der Waals surface area contributed by atoms with Crippen molar-refractivity contribution >= 4 is 28.7 Å². The van der Waals surface area contributed by atoms with Crippen molar-refractivity contribution in [2.75, 3.05) is 13.1 Å². The van der Waals surface area contributed by atoms with Gasteiger partial charge in [-0.1, -0.05) is 42.5 Å². The third kappa shape index (κ3) is 6.26. The third-order valence-electron chi connectivity index (χ3n) is 6.61. The summed E-state index contributed by atoms with van der Waals surface area (Å²) < 4.78 is 0.991. The van der Waals surface area contributed by atoms with Crippen LogP contribution in [0.1, 0.15) is 43.9 Å². The number of carbonyl (C=O) groups is 3. The van der Waals surface area contributed by atoms with Gasteiger partial charge in [-0.3, -0.25) is 9.59 Å². The number of nitrogens with zero attached hydrogens (tertiary/aromatic N) is 3. The average molecular weight is 477 g/mol. The molecule has 2 aromatic carbocycles. The van der Waals surface area contributed by atoms with Crippen LogP contribution >= 0.6 is 0 Å². The number of aromatic nitrogens is 2. The van der Waals surface area contributed by atoms with Gasteiger partial charge in [0.2, 0.25) is 11.8 Å². The van der Waals surface area contributed by atoms with Gasteiger partial charge in [0.1, 0.15) is 6.33 Å². The Morgan fingerprint density at radius 2 is 1.77 bits per heavy atom. The molecule has 2 atom stereocenters. The zero-order valence-electron chi connectivity index (χ0n) is 20.0. The Morgan fingerprint density at radius 1 is 1.03 bits per heavy atom. The van der Waals surface area contributed by atoms with Gasteiger partial charge in [0, 0.05) is 38.2 Å². The number of hydrogen-bond acceptors (Lipinski definition) is 4. The quantitative estimate of drug-likeness (QED) is 0.514. The first-order valence-electron chi connectivity index (χ1n) is 12.2. The van der Waals surface area contributed by atoms with E-state index in [0.717, 1.165) is 53.3 Å². The number of carboxylic acid groups (broad SMARTS) is 1. The van der Waals surface area contributed by atoms with Crippen LogP contribution in [-0.4, -0.2) is 56.6 Å². The fraction of sp³-hybridized carbons (Fsp3) is 0.407. The molecule has 184 valence electrons. The Balaban J connectivity index is 1.49. The molecule has 0 radical (unpaired) electrons. The molecule has 0 spiro atoms. The number of carbonyl (C=O) groups excluding carboxylic acids is 2. The second kappa shape index (κ2) is 11.2. The number of nitrogens with one attached hydrogen (secondary N) is 1. The van der Waals surface area contributed by atoms with Gasteiger partial charge >= 0.3 is 6.09 Å². The largest absolute Gasteiger partial charge is 0.464 e. The number of hydrogen-bond donors (Lipinski definition) is 2. The van der Waals surface area contributed by atoms with Gasteiger partial charge in [-0.15, -0.1) is 0 Å². The lowest BCUT2D eigenvalue weighted by Crippen LogP contribution is -2.43. The fourth-order valence-corrected chi connectivity index (χ4v) is 4.78. The number of piperidine rings is 1. The second-order valence-electron chi connectivity index (χ2n) is 9.35. The zero-order valence-corrected chi connectivity index (χ0v) is 20.0. The second-order valence-corrected chi connectivity index (χ2v) is 9.35. The molecule has 3 aromatic rings. The summed E-state index contributed by atoms with van der Waals surface area (Å²) in [4.78, 5) is 43.6. The zero-order chi connectivity index (χ0) is 24.8. The summed E-state index contributed by atoms with van der Waals surface area (Å²) in [6, 6.07) is 13.9. The van der Waals surface area contributed by atoms with Crippen LogP contribution in [0.25, 0.3) is 10.8 Å². The summed E-state index contributed by atoms with van der Waals surface area (Å²) in [7, 11) is 0. The highest BCUT2D eigenvalue weighted by atomic mass is 16.4. The molecular weight excluding hydrogens is 444 g/mol. The Labute approximate surface area is 205 Å². The maximum absolute atomic E-state index is 13.4. The van der Waals surface area contributed by atoms with E-state index in [-0.39, 0.29) is 24.3 Å². The van der Waals surface area contributed by atoms with Crippen LogP contribution < -0.4 is 5.32 Å². The number of amides is 2. The van der Waals surface area contributed by atoms with Gasteiger partial charge < -0.3 is 15.3 Å². The molecule has 35 heavy (non-hydrogen) atoms. The minimum atomic E-state index is -1.10. The summed E-state index contributed by atoms with van der Waals surface area (Å²) in [6.07, 6.45) is 5.75. The lowest BCUT2D eigenvalue weighted by molar-refractivity contribution is -0.137. The standard InChI is InChI=1S/C27H32N4O4/c1-19(14-23-17-31(18-28-23)27(34)35)29-26(33)22(16-25(32)30-12-5-2-6-13-30)15-21-10-7-9-20-8-3-4-11-24(20)21/h3-4,7-11,17-19,22H,2,5-6,12-16H2,1H3,(H,29,33)(H,34,35)/t19-,22?/m1/s1. The van der Waals surface area contributed by atoms with Crippen LogP contribution in [0.3, 0.4) is 0 Å². The normalized spacial score (nSPS) is 15.5. The highest BCUT2D eigenvalue weighted by Crippen LogP contribution is 2.24. The molecular formula is C27H32N4O4. The van der Waals surface area contributed by atoms with Gasteiger partial charge in [-0.2, -0.15) is 0 Å². The van der Waals surface area contributed by atoms with Crippen molar-refractivity contribution in [1.29, 1.82) is 0 Å². The van der Waals surface area contributed by atoms with Crippen LogP contribution in [0.15, 0.2) is 55.0 Å². The summed E-state index contributed by atoms with van der Waals surface area (Å²) in [5.74, 6) is -0.652. The van der Waals surface area contributed by atoms with Gasteiger partial charge in [-0.05, 0) is 48.9 Å². The van der Waals surface area contributed by atoms with E-state index in [0.29, 0.717) is 18.5 Å². The van der Waals surface area contributed by atoms with Gasteiger partial charge in [-0.25, -0.2) is 14.3 Å². The molecule has 8 heteroatoms. The molecule has 2 amide bonds. The van der Waals surface area contributed by atoms with E-state index < -0.39 is 12.0 Å². The Morgan fingerprint density at radius 3 is 2.51 bits per heavy atom. The van der Waals surface area contributed by atoms with E-state index in [1.165, 1.54) is 12.5 Å². The van der Waals surface area contributed by atoms with E-state index in [4.69, 9.17) is 5.11 Å². The molecule has 1 aliphatic rings. The monoisotopic (exact) mass is 476 g/mol. The molecule has 1 fully saturated rings. The van der Waals surface area contributed by atoms with Crippen molar-refractivity contribution < 1.29 is 19.5 Å². The van der Waals surface area contributed by atoms with Crippen molar-refractivity contribution in [2.45, 2.75) is 51.5 Å². The minimum absolute atomic E-state index is 0.0259. The first kappa shape index (κ1) is 24.4. The van der Waals surface area contributed by atoms with Crippen LogP contribution in [0.5, 0.6) is 0 Å². The van der Waals surface area contributed by atoms with Crippen molar-refractivity contribution in [1.82, 2.24) is 19.8 Å². The number of likely N-dealkylation sites (tertiary alicyclic amines) is 1. The number of imidazole rings is 1. The van der Waals surface area contributed by atoms with E-state index in [1.807, 2.05) is 54.3 Å². The number of benzene rings is 2. The van der Waals surface area contributed by atoms with E-state index in [2.05, 4.69) is 10.3 Å². The molecule has 1 aliphatic heterocycles. The molecule has 2 N–H and O–H groups in total. The van der Waals surface area contributed by atoms with Crippen molar-refractivity contribution in [3.63, 3.8) is 0 Å². The summed E-state index contributed by atoms with van der Waals surface area (Å²) in [5.41, 5.74) is 1.62. The van der Waals surface area contributed by atoms with Gasteiger partial charge in [0.25, 0.3) is 0 Å². The highest BCUT2D eigenvalue weighted by Gasteiger charge is 2.27. The highest BCUT2D eigenvalue weighted by molar-refractivity contribution is 5.89. The Kier molecular flexibility index (Phi) is 7.80. The molecule has 1 saturated heterocycles. The maximum atomic E-state index is 13.4. The van der Waals surface area contributed by atoms with Crippen LogP contribution in [-0.2, 0) is 22.4 Å². The summed E-state index contributed by atoms with van der Waals surface area (Å²) in [6.45, 7) is 3.37. The van der Waals surface area contributed by atoms with Crippen LogP contribution in [0, 0.1) is 5.92 Å². The predicted molar refractivity (Wildman–Crippen MR) is 133 cm³/mol. The first-order chi connectivity index (χ1) is 16.9. The SMILES string of the molecule is C[C@H](Cc1cn(C(=O)O)cn1)NC(=O)C(CC(=O)N1CCCCC1)Cc1cccc2ccccc12. The van der Waals surface area contributed by atoms with Crippen LogP contribution in [0.4, 0.5) is 4.79 Å². The lowest BCUT2D eigenvalue weighted by atomic mass is 9.91. The molecule has 8 nitrogen and oxygen atoms in total. The predicted octanol–water partition coefficient (Wildman–Crippen LogP) is 3.87. The summed E-state index contributed by atoms with van der Waals surface area (Å²) in [5, 5.41) is 14.3. The Bertz CT molecular complexity index is 1190. The molecule has 4 rings (SSSR count). The molecule has 1 unspecified atom stereocenters. The topological polar surface area (TPSA) is 105 Å². The number of fused-ring (bicyclic) bond motifs is 1. The number of rotatable bonds is 8. The van der Waals surface area contributed by atoms with Gasteiger partial charge in [0.05, 0.1) is 11.6 Å². The van der Waals surface area contributed by atoms with E-state index in [9.17, 15) is 14.4 Å². The first-order valence-corrected chi connectivity index (χ1v) is 12.2. The van der Waals surface area contributed by atoms with Crippen LogP contribution in [0.2, 0.25) is 0 Å². The smallest absolute Gasteiger partial charge is 0.416 e.